The highest BCUT2D eigenvalue weighted by Gasteiger charge is 2.08. The van der Waals surface area contributed by atoms with Crippen molar-refractivity contribution in [3.05, 3.63) is 41.4 Å². The zero-order valence-electron chi connectivity index (χ0n) is 12.6. The quantitative estimate of drug-likeness (QED) is 0.616. The van der Waals surface area contributed by atoms with Crippen molar-refractivity contribution < 1.29 is 0 Å². The molecule has 0 radical (unpaired) electrons. The Morgan fingerprint density at radius 2 is 2.17 bits per heavy atom. The van der Waals surface area contributed by atoms with Crippen molar-refractivity contribution in [2.75, 3.05) is 5.32 Å². The van der Waals surface area contributed by atoms with Gasteiger partial charge in [0.05, 0.1) is 18.4 Å². The molecule has 23 heavy (non-hydrogen) atoms. The van der Waals surface area contributed by atoms with Crippen LogP contribution in [0.4, 0.5) is 5.82 Å². The average molecular weight is 326 g/mol. The van der Waals surface area contributed by atoms with Gasteiger partial charge in [-0.15, -0.1) is 10.2 Å². The summed E-state index contributed by atoms with van der Waals surface area (Å²) in [5.74, 6) is 1.49. The van der Waals surface area contributed by atoms with Crippen LogP contribution in [0.1, 0.15) is 10.7 Å². The van der Waals surface area contributed by atoms with Gasteiger partial charge < -0.3 is 9.88 Å². The van der Waals surface area contributed by atoms with Crippen LogP contribution in [0.5, 0.6) is 0 Å². The number of aromatic nitrogens is 7. The number of nitrogens with zero attached hydrogens (tertiary/aromatic N) is 7. The van der Waals surface area contributed by atoms with Crippen LogP contribution in [0.3, 0.4) is 0 Å². The first-order valence-electron chi connectivity index (χ1n) is 7.06. The normalized spacial score (nSPS) is 11.2. The Hall–Kier alpha value is -2.81. The molecule has 0 unspecified atom stereocenters. The summed E-state index contributed by atoms with van der Waals surface area (Å²) >= 11 is 1.57. The van der Waals surface area contributed by atoms with Gasteiger partial charge in [-0.25, -0.2) is 14.5 Å². The summed E-state index contributed by atoms with van der Waals surface area (Å²) in [7, 11) is 1.93. The van der Waals surface area contributed by atoms with E-state index in [4.69, 9.17) is 0 Å². The van der Waals surface area contributed by atoms with Crippen molar-refractivity contribution in [3.8, 4) is 11.5 Å². The van der Waals surface area contributed by atoms with Gasteiger partial charge in [-0.3, -0.25) is 0 Å². The lowest BCUT2D eigenvalue weighted by Gasteiger charge is -2.04. The van der Waals surface area contributed by atoms with Crippen LogP contribution in [0.25, 0.3) is 16.5 Å². The number of aryl methyl sites for hydroxylation is 2. The third-order valence-corrected chi connectivity index (χ3v) is 4.20. The Morgan fingerprint density at radius 1 is 1.26 bits per heavy atom. The molecule has 0 bridgehead atoms. The first-order valence-corrected chi connectivity index (χ1v) is 7.88. The summed E-state index contributed by atoms with van der Waals surface area (Å²) in [5.41, 5.74) is 1.66. The first-order chi connectivity index (χ1) is 11.2. The van der Waals surface area contributed by atoms with Crippen molar-refractivity contribution in [3.63, 3.8) is 0 Å². The standard InChI is InChI=1S/C14H14N8S/c1-9-20-22-8-10(17-14(22)23-9)7-16-12-4-3-11(18-19-12)13-15-5-6-21(13)2/h3-6,8H,7H2,1-2H3,(H,16,19). The minimum Gasteiger partial charge on any atom is -0.363 e. The van der Waals surface area contributed by atoms with Crippen molar-refractivity contribution in [2.24, 2.45) is 7.05 Å². The highest BCUT2D eigenvalue weighted by Crippen LogP contribution is 2.16. The molecule has 0 spiro atoms. The van der Waals surface area contributed by atoms with E-state index in [1.54, 1.807) is 22.0 Å². The lowest BCUT2D eigenvalue weighted by atomic mass is 10.3. The summed E-state index contributed by atoms with van der Waals surface area (Å²) in [5, 5.41) is 17.0. The van der Waals surface area contributed by atoms with Crippen LogP contribution in [0, 0.1) is 6.92 Å². The maximum absolute atomic E-state index is 4.51. The molecule has 8 nitrogen and oxygen atoms in total. The monoisotopic (exact) mass is 326 g/mol. The molecule has 4 heterocycles. The highest BCUT2D eigenvalue weighted by molar-refractivity contribution is 7.16. The Balaban J connectivity index is 1.46. The Labute approximate surface area is 135 Å². The Kier molecular flexibility index (Phi) is 3.27. The highest BCUT2D eigenvalue weighted by atomic mass is 32.1. The van der Waals surface area contributed by atoms with E-state index < -0.39 is 0 Å². The van der Waals surface area contributed by atoms with Gasteiger partial charge in [0.1, 0.15) is 16.5 Å². The first kappa shape index (κ1) is 13.8. The SMILES string of the molecule is Cc1nn2cc(CNc3ccc(-c4nccn4C)nn3)nc2s1. The molecule has 0 aliphatic rings. The summed E-state index contributed by atoms with van der Waals surface area (Å²) in [6.45, 7) is 2.54. The van der Waals surface area contributed by atoms with Crippen molar-refractivity contribution in [1.29, 1.82) is 0 Å². The van der Waals surface area contributed by atoms with Gasteiger partial charge in [-0.2, -0.15) is 5.10 Å². The van der Waals surface area contributed by atoms with Gasteiger partial charge in [-0.05, 0) is 19.1 Å². The van der Waals surface area contributed by atoms with Crippen LogP contribution in [0.15, 0.2) is 30.7 Å². The molecule has 4 aromatic rings. The van der Waals surface area contributed by atoms with Gasteiger partial charge in [0, 0.05) is 19.4 Å². The van der Waals surface area contributed by atoms with Gasteiger partial charge in [0.15, 0.2) is 5.82 Å². The smallest absolute Gasteiger partial charge is 0.212 e. The minimum absolute atomic E-state index is 0.575. The maximum Gasteiger partial charge on any atom is 0.212 e. The summed E-state index contributed by atoms with van der Waals surface area (Å²) in [6.07, 6.45) is 5.54. The summed E-state index contributed by atoms with van der Waals surface area (Å²) in [4.78, 5) is 9.67. The second kappa shape index (κ2) is 5.43. The van der Waals surface area contributed by atoms with Gasteiger partial charge >= 0.3 is 0 Å². The number of imidazole rings is 2. The molecule has 1 N–H and O–H groups in total. The van der Waals surface area contributed by atoms with Gasteiger partial charge in [-0.1, -0.05) is 11.3 Å². The molecular weight excluding hydrogens is 312 g/mol. The topological polar surface area (TPSA) is 85.8 Å². The Bertz CT molecular complexity index is 917. The molecule has 0 amide bonds. The predicted octanol–water partition coefficient (Wildman–Crippen LogP) is 1.90. The van der Waals surface area contributed by atoms with Gasteiger partial charge in [0.2, 0.25) is 4.96 Å². The Morgan fingerprint density at radius 3 is 2.87 bits per heavy atom. The summed E-state index contributed by atoms with van der Waals surface area (Å²) < 4.78 is 3.71. The number of anilines is 1. The molecular formula is C14H14N8S. The zero-order valence-corrected chi connectivity index (χ0v) is 13.4. The van der Waals surface area contributed by atoms with E-state index in [2.05, 4.69) is 30.6 Å². The molecule has 0 saturated carbocycles. The second-order valence-electron chi connectivity index (χ2n) is 5.10. The van der Waals surface area contributed by atoms with Crippen molar-refractivity contribution in [1.82, 2.24) is 34.3 Å². The number of rotatable bonds is 4. The summed E-state index contributed by atoms with van der Waals surface area (Å²) in [6, 6.07) is 3.78. The molecule has 0 fully saturated rings. The fraction of sp³-hybridized carbons (Fsp3) is 0.214. The van der Waals surface area contributed by atoms with Crippen molar-refractivity contribution >= 4 is 22.1 Å². The number of fused-ring (bicyclic) bond motifs is 1. The van der Waals surface area contributed by atoms with Crippen LogP contribution in [-0.4, -0.2) is 34.3 Å². The molecule has 0 atom stereocenters. The maximum atomic E-state index is 4.51. The van der Waals surface area contributed by atoms with Crippen molar-refractivity contribution in [2.45, 2.75) is 13.5 Å². The zero-order chi connectivity index (χ0) is 15.8. The van der Waals surface area contributed by atoms with E-state index in [1.165, 1.54) is 0 Å². The fourth-order valence-electron chi connectivity index (χ4n) is 2.27. The predicted molar refractivity (Wildman–Crippen MR) is 87.2 cm³/mol. The van der Waals surface area contributed by atoms with E-state index in [1.807, 2.05) is 43.1 Å². The van der Waals surface area contributed by atoms with Gasteiger partial charge in [0.25, 0.3) is 0 Å². The molecule has 116 valence electrons. The lowest BCUT2D eigenvalue weighted by Crippen LogP contribution is -2.03. The lowest BCUT2D eigenvalue weighted by molar-refractivity contribution is 0.901. The molecule has 0 aliphatic carbocycles. The number of nitrogens with one attached hydrogen (secondary N) is 1. The third-order valence-electron chi connectivity index (χ3n) is 3.36. The van der Waals surface area contributed by atoms with E-state index in [0.717, 1.165) is 27.2 Å². The van der Waals surface area contributed by atoms with Crippen LogP contribution in [-0.2, 0) is 13.6 Å². The van der Waals surface area contributed by atoms with E-state index in [-0.39, 0.29) is 0 Å². The number of hydrogen-bond donors (Lipinski definition) is 1. The fourth-order valence-corrected chi connectivity index (χ4v) is 3.01. The molecule has 0 aromatic carbocycles. The molecule has 4 rings (SSSR count). The van der Waals surface area contributed by atoms with E-state index in [0.29, 0.717) is 12.4 Å². The van der Waals surface area contributed by atoms with E-state index in [9.17, 15) is 0 Å². The number of hydrogen-bond acceptors (Lipinski definition) is 7. The second-order valence-corrected chi connectivity index (χ2v) is 6.26. The van der Waals surface area contributed by atoms with Crippen LogP contribution < -0.4 is 5.32 Å². The molecule has 0 aliphatic heterocycles. The molecule has 4 aromatic heterocycles. The van der Waals surface area contributed by atoms with Crippen LogP contribution >= 0.6 is 11.3 Å². The van der Waals surface area contributed by atoms with Crippen LogP contribution in [0.2, 0.25) is 0 Å². The largest absolute Gasteiger partial charge is 0.363 e. The molecule has 0 saturated heterocycles. The molecule has 9 heteroatoms. The average Bonchev–Trinajstić information content (AvgIpc) is 3.20. The minimum atomic E-state index is 0.575. The third kappa shape index (κ3) is 2.66. The van der Waals surface area contributed by atoms with E-state index >= 15 is 0 Å².